The molecule has 1 N–H and O–H groups in total. The molecule has 1 unspecified atom stereocenters. The standard InChI is InChI=1S/C16H31NO/c1-3-11-17-15(14-7-12-18-13-8-14)16(4-2)9-5-6-10-16/h14-15,17H,3-13H2,1-2H3. The molecule has 1 aliphatic heterocycles. The van der Waals surface area contributed by atoms with Crippen LogP contribution in [0.4, 0.5) is 0 Å². The van der Waals surface area contributed by atoms with Crippen LogP contribution in [0.1, 0.15) is 65.2 Å². The van der Waals surface area contributed by atoms with Gasteiger partial charge in [-0.15, -0.1) is 0 Å². The summed E-state index contributed by atoms with van der Waals surface area (Å²) in [6, 6.07) is 0.744. The van der Waals surface area contributed by atoms with Crippen molar-refractivity contribution in [3.8, 4) is 0 Å². The molecule has 0 radical (unpaired) electrons. The van der Waals surface area contributed by atoms with E-state index in [1.807, 2.05) is 0 Å². The fourth-order valence-corrected chi connectivity index (χ4v) is 4.20. The Morgan fingerprint density at radius 3 is 2.39 bits per heavy atom. The lowest BCUT2D eigenvalue weighted by atomic mass is 9.69. The van der Waals surface area contributed by atoms with Gasteiger partial charge >= 0.3 is 0 Å². The molecule has 0 spiro atoms. The average molecular weight is 253 g/mol. The molecule has 18 heavy (non-hydrogen) atoms. The lowest BCUT2D eigenvalue weighted by molar-refractivity contribution is 0.0232. The van der Waals surface area contributed by atoms with Crippen LogP contribution in [0.5, 0.6) is 0 Å². The van der Waals surface area contributed by atoms with E-state index in [0.29, 0.717) is 5.41 Å². The van der Waals surface area contributed by atoms with Crippen molar-refractivity contribution in [2.75, 3.05) is 19.8 Å². The van der Waals surface area contributed by atoms with Crippen LogP contribution in [0.3, 0.4) is 0 Å². The molecule has 1 saturated heterocycles. The van der Waals surface area contributed by atoms with Crippen molar-refractivity contribution >= 4 is 0 Å². The van der Waals surface area contributed by atoms with Crippen LogP contribution >= 0.6 is 0 Å². The first-order valence-electron chi connectivity index (χ1n) is 8.13. The van der Waals surface area contributed by atoms with Crippen molar-refractivity contribution in [2.24, 2.45) is 11.3 Å². The zero-order valence-electron chi connectivity index (χ0n) is 12.3. The van der Waals surface area contributed by atoms with Gasteiger partial charge in [-0.2, -0.15) is 0 Å². The van der Waals surface area contributed by atoms with Gasteiger partial charge in [0, 0.05) is 19.3 Å². The van der Waals surface area contributed by atoms with Gasteiger partial charge in [0.15, 0.2) is 0 Å². The Bertz CT molecular complexity index is 229. The predicted molar refractivity (Wildman–Crippen MR) is 76.8 cm³/mol. The van der Waals surface area contributed by atoms with Crippen molar-refractivity contribution in [3.63, 3.8) is 0 Å². The Balaban J connectivity index is 2.06. The highest BCUT2D eigenvalue weighted by atomic mass is 16.5. The topological polar surface area (TPSA) is 21.3 Å². The van der Waals surface area contributed by atoms with Gasteiger partial charge in [0.25, 0.3) is 0 Å². The summed E-state index contributed by atoms with van der Waals surface area (Å²) in [5.74, 6) is 0.850. The maximum absolute atomic E-state index is 5.56. The summed E-state index contributed by atoms with van der Waals surface area (Å²) >= 11 is 0. The summed E-state index contributed by atoms with van der Waals surface area (Å²) in [4.78, 5) is 0. The van der Waals surface area contributed by atoms with Crippen molar-refractivity contribution in [1.82, 2.24) is 5.32 Å². The molecule has 2 heteroatoms. The van der Waals surface area contributed by atoms with Crippen molar-refractivity contribution in [2.45, 2.75) is 71.3 Å². The number of ether oxygens (including phenoxy) is 1. The minimum atomic E-state index is 0.594. The van der Waals surface area contributed by atoms with E-state index in [1.165, 1.54) is 57.9 Å². The minimum absolute atomic E-state index is 0.594. The second kappa shape index (κ2) is 6.91. The maximum Gasteiger partial charge on any atom is 0.0469 e. The molecule has 1 heterocycles. The lowest BCUT2D eigenvalue weighted by Gasteiger charge is -2.44. The summed E-state index contributed by atoms with van der Waals surface area (Å²) in [5, 5.41) is 3.92. The third kappa shape index (κ3) is 3.08. The monoisotopic (exact) mass is 253 g/mol. The predicted octanol–water partition coefficient (Wildman–Crippen LogP) is 3.75. The van der Waals surface area contributed by atoms with Crippen molar-refractivity contribution in [3.05, 3.63) is 0 Å². The fourth-order valence-electron chi connectivity index (χ4n) is 4.20. The van der Waals surface area contributed by atoms with E-state index in [2.05, 4.69) is 19.2 Å². The van der Waals surface area contributed by atoms with Gasteiger partial charge in [-0.1, -0.05) is 26.7 Å². The van der Waals surface area contributed by atoms with Gasteiger partial charge in [0.1, 0.15) is 0 Å². The maximum atomic E-state index is 5.56. The molecule has 0 aromatic carbocycles. The normalized spacial score (nSPS) is 26.3. The van der Waals surface area contributed by atoms with Crippen LogP contribution in [-0.4, -0.2) is 25.8 Å². The summed E-state index contributed by atoms with van der Waals surface area (Å²) in [6.07, 6.45) is 10.9. The van der Waals surface area contributed by atoms with Crippen molar-refractivity contribution < 1.29 is 4.74 Å². The third-order valence-corrected chi connectivity index (χ3v) is 5.31. The number of nitrogens with one attached hydrogen (secondary N) is 1. The highest BCUT2D eigenvalue weighted by molar-refractivity contribution is 4.97. The highest BCUT2D eigenvalue weighted by Gasteiger charge is 2.43. The summed E-state index contributed by atoms with van der Waals surface area (Å²) in [5.41, 5.74) is 0.594. The largest absolute Gasteiger partial charge is 0.381 e. The zero-order chi connectivity index (χ0) is 12.8. The smallest absolute Gasteiger partial charge is 0.0469 e. The summed E-state index contributed by atoms with van der Waals surface area (Å²) < 4.78 is 5.56. The van der Waals surface area contributed by atoms with Gasteiger partial charge < -0.3 is 10.1 Å². The molecule has 106 valence electrons. The highest BCUT2D eigenvalue weighted by Crippen LogP contribution is 2.47. The zero-order valence-corrected chi connectivity index (χ0v) is 12.3. The van der Waals surface area contributed by atoms with Crippen LogP contribution < -0.4 is 5.32 Å². The average Bonchev–Trinajstić information content (AvgIpc) is 2.90. The van der Waals surface area contributed by atoms with E-state index in [0.717, 1.165) is 25.2 Å². The molecule has 2 rings (SSSR count). The van der Waals surface area contributed by atoms with Crippen LogP contribution in [0, 0.1) is 11.3 Å². The second-order valence-corrected chi connectivity index (χ2v) is 6.30. The van der Waals surface area contributed by atoms with Crippen LogP contribution in [0.25, 0.3) is 0 Å². The molecule has 2 fully saturated rings. The van der Waals surface area contributed by atoms with E-state index < -0.39 is 0 Å². The van der Waals surface area contributed by atoms with E-state index >= 15 is 0 Å². The molecule has 0 aromatic rings. The van der Waals surface area contributed by atoms with E-state index in [1.54, 1.807) is 0 Å². The molecular formula is C16H31NO. The van der Waals surface area contributed by atoms with Gasteiger partial charge in [-0.05, 0) is 56.4 Å². The first-order chi connectivity index (χ1) is 8.82. The van der Waals surface area contributed by atoms with Gasteiger partial charge in [-0.3, -0.25) is 0 Å². The van der Waals surface area contributed by atoms with Gasteiger partial charge in [0.2, 0.25) is 0 Å². The Hall–Kier alpha value is -0.0800. The fraction of sp³-hybridized carbons (Fsp3) is 1.00. The van der Waals surface area contributed by atoms with Gasteiger partial charge in [-0.25, -0.2) is 0 Å². The first kappa shape index (κ1) is 14.3. The first-order valence-corrected chi connectivity index (χ1v) is 8.13. The Labute approximate surface area is 113 Å². The second-order valence-electron chi connectivity index (χ2n) is 6.30. The minimum Gasteiger partial charge on any atom is -0.381 e. The molecule has 0 amide bonds. The summed E-state index contributed by atoms with van der Waals surface area (Å²) in [7, 11) is 0. The molecule has 0 aromatic heterocycles. The lowest BCUT2D eigenvalue weighted by Crippen LogP contribution is -2.50. The van der Waals surface area contributed by atoms with Crippen molar-refractivity contribution in [1.29, 1.82) is 0 Å². The molecule has 2 aliphatic rings. The molecule has 0 bridgehead atoms. The van der Waals surface area contributed by atoms with Crippen LogP contribution in [0.15, 0.2) is 0 Å². The quantitative estimate of drug-likeness (QED) is 0.778. The summed E-state index contributed by atoms with van der Waals surface area (Å²) in [6.45, 7) is 7.83. The molecular weight excluding hydrogens is 222 g/mol. The Kier molecular flexibility index (Phi) is 5.50. The number of hydrogen-bond acceptors (Lipinski definition) is 2. The van der Waals surface area contributed by atoms with Gasteiger partial charge in [0.05, 0.1) is 0 Å². The molecule has 1 saturated carbocycles. The van der Waals surface area contributed by atoms with E-state index in [-0.39, 0.29) is 0 Å². The third-order valence-electron chi connectivity index (χ3n) is 5.31. The SMILES string of the molecule is CCCNC(C1CCOCC1)C1(CC)CCCC1. The van der Waals surface area contributed by atoms with Crippen LogP contribution in [0.2, 0.25) is 0 Å². The van der Waals surface area contributed by atoms with Crippen LogP contribution in [-0.2, 0) is 4.74 Å². The number of rotatable bonds is 6. The molecule has 1 atom stereocenters. The molecule has 2 nitrogen and oxygen atoms in total. The van der Waals surface area contributed by atoms with E-state index in [4.69, 9.17) is 4.74 Å². The van der Waals surface area contributed by atoms with E-state index in [9.17, 15) is 0 Å². The Morgan fingerprint density at radius 1 is 1.17 bits per heavy atom. The Morgan fingerprint density at radius 2 is 1.83 bits per heavy atom. The molecule has 1 aliphatic carbocycles. The number of hydrogen-bond donors (Lipinski definition) is 1.